The number of rotatable bonds is 5. The standard InChI is InChI=1S/C16H23N7O2S/c1-16(2,3)23-20-15(19-22-23)11-18-12-6-4-7-13(10-12)26(24,25)21-14-8-5-9-17-14/h4,6-7,10,18H,5,8-9,11H2,1-3H3,(H,17,21). The molecule has 1 aliphatic rings. The highest BCUT2D eigenvalue weighted by Gasteiger charge is 2.19. The van der Waals surface area contributed by atoms with Crippen LogP contribution in [0.1, 0.15) is 39.4 Å². The van der Waals surface area contributed by atoms with Gasteiger partial charge in [-0.15, -0.1) is 10.2 Å². The van der Waals surface area contributed by atoms with E-state index in [9.17, 15) is 8.42 Å². The monoisotopic (exact) mass is 377 g/mol. The summed E-state index contributed by atoms with van der Waals surface area (Å²) in [6, 6.07) is 6.61. The fourth-order valence-corrected chi connectivity index (χ4v) is 3.52. The first-order chi connectivity index (χ1) is 12.2. The minimum atomic E-state index is -3.63. The van der Waals surface area contributed by atoms with Gasteiger partial charge in [0, 0.05) is 18.7 Å². The summed E-state index contributed by atoms with van der Waals surface area (Å²) in [5, 5.41) is 15.5. The molecule has 0 fully saturated rings. The van der Waals surface area contributed by atoms with Crippen molar-refractivity contribution in [2.75, 3.05) is 11.9 Å². The number of aliphatic imine (C=N–C) groups is 1. The number of hydrogen-bond acceptors (Lipinski definition) is 7. The molecule has 0 saturated heterocycles. The van der Waals surface area contributed by atoms with Crippen LogP contribution in [0.4, 0.5) is 5.69 Å². The van der Waals surface area contributed by atoms with E-state index in [0.717, 1.165) is 6.42 Å². The molecule has 0 unspecified atom stereocenters. The fourth-order valence-electron chi connectivity index (χ4n) is 2.39. The normalized spacial score (nSPS) is 15.0. The molecule has 1 aromatic heterocycles. The topological polar surface area (TPSA) is 114 Å². The fraction of sp³-hybridized carbons (Fsp3) is 0.500. The van der Waals surface area contributed by atoms with Gasteiger partial charge in [0.1, 0.15) is 5.84 Å². The third kappa shape index (κ3) is 4.37. The van der Waals surface area contributed by atoms with Gasteiger partial charge in [-0.1, -0.05) is 6.07 Å². The van der Waals surface area contributed by atoms with Crippen LogP contribution in [0.5, 0.6) is 0 Å². The summed E-state index contributed by atoms with van der Waals surface area (Å²) < 4.78 is 27.5. The molecule has 0 bridgehead atoms. The molecule has 140 valence electrons. The van der Waals surface area contributed by atoms with E-state index < -0.39 is 10.0 Å². The van der Waals surface area contributed by atoms with Gasteiger partial charge in [0.2, 0.25) is 0 Å². The molecule has 1 aliphatic heterocycles. The van der Waals surface area contributed by atoms with Gasteiger partial charge in [-0.2, -0.15) is 4.80 Å². The highest BCUT2D eigenvalue weighted by molar-refractivity contribution is 7.90. The second-order valence-corrected chi connectivity index (χ2v) is 8.77. The Morgan fingerprint density at radius 1 is 1.27 bits per heavy atom. The number of benzene rings is 1. The maximum absolute atomic E-state index is 12.5. The minimum Gasteiger partial charge on any atom is -0.378 e. The van der Waals surface area contributed by atoms with Gasteiger partial charge in [0.15, 0.2) is 5.82 Å². The maximum atomic E-state index is 12.5. The summed E-state index contributed by atoms with van der Waals surface area (Å²) in [7, 11) is -3.63. The van der Waals surface area contributed by atoms with Crippen molar-refractivity contribution < 1.29 is 8.42 Å². The first kappa shape index (κ1) is 18.3. The third-order valence-electron chi connectivity index (χ3n) is 3.78. The van der Waals surface area contributed by atoms with Crippen molar-refractivity contribution in [3.05, 3.63) is 30.1 Å². The Morgan fingerprint density at radius 2 is 2.08 bits per heavy atom. The summed E-state index contributed by atoms with van der Waals surface area (Å²) in [5.74, 6) is 1.05. The van der Waals surface area contributed by atoms with Crippen molar-refractivity contribution in [3.8, 4) is 0 Å². The van der Waals surface area contributed by atoms with Gasteiger partial charge in [-0.3, -0.25) is 9.71 Å². The lowest BCUT2D eigenvalue weighted by Gasteiger charge is -2.15. The van der Waals surface area contributed by atoms with Crippen LogP contribution in [0.25, 0.3) is 0 Å². The minimum absolute atomic E-state index is 0.184. The van der Waals surface area contributed by atoms with Crippen LogP contribution in [0.3, 0.4) is 0 Å². The quantitative estimate of drug-likeness (QED) is 0.816. The van der Waals surface area contributed by atoms with Gasteiger partial charge in [0.05, 0.1) is 17.0 Å². The summed E-state index contributed by atoms with van der Waals surface area (Å²) in [5.41, 5.74) is 0.418. The zero-order valence-electron chi connectivity index (χ0n) is 15.1. The molecule has 0 spiro atoms. The number of nitrogens with zero attached hydrogens (tertiary/aromatic N) is 5. The first-order valence-corrected chi connectivity index (χ1v) is 9.92. The summed E-state index contributed by atoms with van der Waals surface area (Å²) in [4.78, 5) is 5.89. The molecule has 3 rings (SSSR count). The van der Waals surface area contributed by atoms with Crippen LogP contribution in [0, 0.1) is 0 Å². The van der Waals surface area contributed by atoms with E-state index in [4.69, 9.17) is 0 Å². The Bertz CT molecular complexity index is 913. The Kier molecular flexibility index (Phi) is 4.94. The largest absolute Gasteiger partial charge is 0.378 e. The highest BCUT2D eigenvalue weighted by atomic mass is 32.2. The molecular formula is C16H23N7O2S. The van der Waals surface area contributed by atoms with E-state index in [1.54, 1.807) is 29.1 Å². The first-order valence-electron chi connectivity index (χ1n) is 8.43. The predicted octanol–water partition coefficient (Wildman–Crippen LogP) is 1.51. The van der Waals surface area contributed by atoms with Crippen molar-refractivity contribution >= 4 is 21.5 Å². The average molecular weight is 377 g/mol. The Balaban J connectivity index is 1.68. The highest BCUT2D eigenvalue weighted by Crippen LogP contribution is 2.17. The molecule has 1 aromatic carbocycles. The lowest BCUT2D eigenvalue weighted by Crippen LogP contribution is -2.29. The van der Waals surface area contributed by atoms with Crippen LogP contribution < -0.4 is 10.0 Å². The van der Waals surface area contributed by atoms with Gasteiger partial charge in [-0.05, 0) is 50.6 Å². The van der Waals surface area contributed by atoms with Crippen molar-refractivity contribution in [2.45, 2.75) is 50.6 Å². The lowest BCUT2D eigenvalue weighted by molar-refractivity contribution is 0.305. The molecule has 9 nitrogen and oxygen atoms in total. The second kappa shape index (κ2) is 7.02. The number of nitrogens with one attached hydrogen (secondary N) is 2. The maximum Gasteiger partial charge on any atom is 0.262 e. The average Bonchev–Trinajstić information content (AvgIpc) is 3.24. The molecule has 0 atom stereocenters. The second-order valence-electron chi connectivity index (χ2n) is 7.08. The summed E-state index contributed by atoms with van der Waals surface area (Å²) in [6.45, 7) is 6.98. The SMILES string of the molecule is CC(C)(C)n1nnc(CNc2cccc(S(=O)(=O)NC3=NCCC3)c2)n1. The number of aromatic nitrogens is 4. The predicted molar refractivity (Wildman–Crippen MR) is 98.4 cm³/mol. The van der Waals surface area contributed by atoms with E-state index in [1.807, 2.05) is 20.8 Å². The Hall–Kier alpha value is -2.49. The van der Waals surface area contributed by atoms with Gasteiger partial charge < -0.3 is 5.32 Å². The zero-order chi connectivity index (χ0) is 18.8. The number of amidine groups is 1. The molecule has 2 aromatic rings. The van der Waals surface area contributed by atoms with Crippen LogP contribution in [-0.4, -0.2) is 41.0 Å². The van der Waals surface area contributed by atoms with Crippen LogP contribution in [-0.2, 0) is 22.1 Å². The van der Waals surface area contributed by atoms with Crippen LogP contribution >= 0.6 is 0 Å². The van der Waals surface area contributed by atoms with Crippen molar-refractivity contribution in [1.82, 2.24) is 24.9 Å². The Morgan fingerprint density at radius 3 is 2.73 bits per heavy atom. The Labute approximate surface area is 153 Å². The van der Waals surface area contributed by atoms with E-state index in [0.29, 0.717) is 36.9 Å². The van der Waals surface area contributed by atoms with Crippen molar-refractivity contribution in [2.24, 2.45) is 4.99 Å². The molecule has 0 radical (unpaired) electrons. The number of sulfonamides is 1. The summed E-state index contributed by atoms with van der Waals surface area (Å²) in [6.07, 6.45) is 1.54. The number of hydrogen-bond donors (Lipinski definition) is 2. The van der Waals surface area contributed by atoms with Gasteiger partial charge in [-0.25, -0.2) is 8.42 Å². The molecule has 26 heavy (non-hydrogen) atoms. The lowest BCUT2D eigenvalue weighted by atomic mass is 10.1. The van der Waals surface area contributed by atoms with Crippen molar-refractivity contribution in [3.63, 3.8) is 0 Å². The van der Waals surface area contributed by atoms with E-state index >= 15 is 0 Å². The number of tetrazole rings is 1. The van der Waals surface area contributed by atoms with Crippen molar-refractivity contribution in [1.29, 1.82) is 0 Å². The third-order valence-corrected chi connectivity index (χ3v) is 5.16. The molecule has 10 heteroatoms. The van der Waals surface area contributed by atoms with E-state index in [2.05, 4.69) is 30.4 Å². The molecular weight excluding hydrogens is 354 g/mol. The summed E-state index contributed by atoms with van der Waals surface area (Å²) >= 11 is 0. The van der Waals surface area contributed by atoms with Crippen LogP contribution in [0.2, 0.25) is 0 Å². The van der Waals surface area contributed by atoms with E-state index in [1.165, 1.54) is 0 Å². The smallest absolute Gasteiger partial charge is 0.262 e. The molecule has 0 saturated carbocycles. The van der Waals surface area contributed by atoms with Crippen LogP contribution in [0.15, 0.2) is 34.2 Å². The molecule has 0 aliphatic carbocycles. The zero-order valence-corrected chi connectivity index (χ0v) is 15.9. The van der Waals surface area contributed by atoms with Gasteiger partial charge in [0.25, 0.3) is 10.0 Å². The number of anilines is 1. The molecule has 2 heterocycles. The molecule has 0 amide bonds. The molecule has 2 N–H and O–H groups in total. The van der Waals surface area contributed by atoms with Gasteiger partial charge >= 0.3 is 0 Å². The van der Waals surface area contributed by atoms with E-state index in [-0.39, 0.29) is 10.4 Å².